The van der Waals surface area contributed by atoms with Crippen molar-refractivity contribution >= 4 is 34.9 Å². The summed E-state index contributed by atoms with van der Waals surface area (Å²) < 4.78 is 6.61. The number of nitrogens with zero attached hydrogens (tertiary/aromatic N) is 2. The SMILES string of the molecule is CC(C)NC(=O)Nc1ccc2c(c1)CC(=O)N([C@H](C)CO)C[C@H](C)[C@@H](CN(C)Cc1ccc(C(=O)Nc3ccccc3N)cc1)O2. The maximum absolute atomic E-state index is 13.5. The number of hydrogen-bond donors (Lipinski definition) is 5. The largest absolute Gasteiger partial charge is 0.488 e. The second-order valence-electron chi connectivity index (χ2n) is 12.4. The number of ether oxygens (including phenoxy) is 1. The Hall–Kier alpha value is -4.61. The fraction of sp³-hybridized carbons (Fsp3) is 0.400. The summed E-state index contributed by atoms with van der Waals surface area (Å²) >= 11 is 0. The highest BCUT2D eigenvalue weighted by Crippen LogP contribution is 2.29. The molecule has 0 aliphatic carbocycles. The predicted molar refractivity (Wildman–Crippen MR) is 181 cm³/mol. The molecule has 1 aliphatic rings. The Balaban J connectivity index is 1.49. The van der Waals surface area contributed by atoms with Crippen LogP contribution in [-0.2, 0) is 17.8 Å². The van der Waals surface area contributed by atoms with Crippen LogP contribution in [0.1, 0.15) is 49.2 Å². The summed E-state index contributed by atoms with van der Waals surface area (Å²) in [5.74, 6) is 0.174. The van der Waals surface area contributed by atoms with Crippen molar-refractivity contribution in [3.63, 3.8) is 0 Å². The van der Waals surface area contributed by atoms with Crippen LogP contribution >= 0.6 is 0 Å². The van der Waals surface area contributed by atoms with Gasteiger partial charge in [-0.25, -0.2) is 4.79 Å². The number of benzene rings is 3. The first-order chi connectivity index (χ1) is 21.9. The van der Waals surface area contributed by atoms with Gasteiger partial charge in [-0.3, -0.25) is 14.5 Å². The Labute approximate surface area is 271 Å². The van der Waals surface area contributed by atoms with Gasteiger partial charge in [0, 0.05) is 48.4 Å². The highest BCUT2D eigenvalue weighted by molar-refractivity contribution is 6.05. The van der Waals surface area contributed by atoms with Crippen molar-refractivity contribution in [1.29, 1.82) is 0 Å². The number of nitrogens with one attached hydrogen (secondary N) is 3. The molecular weight excluding hydrogens is 584 g/mol. The lowest BCUT2D eigenvalue weighted by Gasteiger charge is -2.34. The zero-order valence-corrected chi connectivity index (χ0v) is 27.2. The molecule has 1 aliphatic heterocycles. The number of aliphatic hydroxyl groups excluding tert-OH is 1. The van der Waals surface area contributed by atoms with E-state index in [2.05, 4.69) is 20.9 Å². The second-order valence-corrected chi connectivity index (χ2v) is 12.4. The van der Waals surface area contributed by atoms with E-state index < -0.39 is 0 Å². The van der Waals surface area contributed by atoms with Crippen molar-refractivity contribution in [1.82, 2.24) is 15.1 Å². The van der Waals surface area contributed by atoms with Crippen LogP contribution in [0.15, 0.2) is 66.7 Å². The van der Waals surface area contributed by atoms with Gasteiger partial charge in [-0.1, -0.05) is 31.2 Å². The van der Waals surface area contributed by atoms with Gasteiger partial charge in [0.1, 0.15) is 11.9 Å². The third-order valence-electron chi connectivity index (χ3n) is 7.96. The molecule has 0 aromatic heterocycles. The summed E-state index contributed by atoms with van der Waals surface area (Å²) in [5, 5.41) is 18.4. The molecule has 11 heteroatoms. The van der Waals surface area contributed by atoms with E-state index >= 15 is 0 Å². The van der Waals surface area contributed by atoms with Gasteiger partial charge in [0.15, 0.2) is 0 Å². The van der Waals surface area contributed by atoms with Crippen molar-refractivity contribution in [3.05, 3.63) is 83.4 Å². The van der Waals surface area contributed by atoms with Crippen LogP contribution in [0.2, 0.25) is 0 Å². The maximum atomic E-state index is 13.5. The second kappa shape index (κ2) is 15.6. The molecule has 4 amide bonds. The summed E-state index contributed by atoms with van der Waals surface area (Å²) in [5.41, 5.74) is 9.80. The van der Waals surface area contributed by atoms with Gasteiger partial charge in [-0.15, -0.1) is 0 Å². The van der Waals surface area contributed by atoms with Crippen molar-refractivity contribution in [2.75, 3.05) is 43.1 Å². The lowest BCUT2D eigenvalue weighted by molar-refractivity contribution is -0.134. The van der Waals surface area contributed by atoms with Crippen LogP contribution in [0.4, 0.5) is 21.9 Å². The molecule has 11 nitrogen and oxygen atoms in total. The highest BCUT2D eigenvalue weighted by Gasteiger charge is 2.31. The number of aliphatic hydroxyl groups is 1. The number of nitrogens with two attached hydrogens (primary N) is 1. The summed E-state index contributed by atoms with van der Waals surface area (Å²) in [6.07, 6.45) is -0.208. The van der Waals surface area contributed by atoms with Crippen molar-refractivity contribution in [3.8, 4) is 5.75 Å². The molecule has 1 heterocycles. The quantitative estimate of drug-likeness (QED) is 0.209. The van der Waals surface area contributed by atoms with E-state index in [-0.39, 0.29) is 55.0 Å². The monoisotopic (exact) mass is 630 g/mol. The molecule has 3 atom stereocenters. The fourth-order valence-corrected chi connectivity index (χ4v) is 5.40. The number of fused-ring (bicyclic) bond motifs is 1. The average Bonchev–Trinajstić information content (AvgIpc) is 3.05. The van der Waals surface area contributed by atoms with Gasteiger partial charge >= 0.3 is 6.03 Å². The van der Waals surface area contributed by atoms with Crippen LogP contribution in [0.3, 0.4) is 0 Å². The number of likely N-dealkylation sites (N-methyl/N-ethyl adjacent to an activating group) is 1. The van der Waals surface area contributed by atoms with Gasteiger partial charge in [-0.05, 0) is 75.8 Å². The minimum atomic E-state index is -0.359. The minimum Gasteiger partial charge on any atom is -0.488 e. The zero-order chi connectivity index (χ0) is 33.4. The molecule has 0 saturated heterocycles. The number of nitrogen functional groups attached to an aromatic ring is 1. The molecule has 6 N–H and O–H groups in total. The molecule has 3 aromatic rings. The molecule has 46 heavy (non-hydrogen) atoms. The average molecular weight is 631 g/mol. The lowest BCUT2D eigenvalue weighted by atomic mass is 10.0. The fourth-order valence-electron chi connectivity index (χ4n) is 5.40. The van der Waals surface area contributed by atoms with E-state index in [9.17, 15) is 19.5 Å². The first-order valence-corrected chi connectivity index (χ1v) is 15.6. The van der Waals surface area contributed by atoms with Crippen molar-refractivity contribution < 1.29 is 24.2 Å². The standard InChI is InChI=1S/C35H46N6O5/c1-22(2)37-35(45)38-28-14-15-31-27(16-28)17-33(43)41(24(4)21-42)18-23(3)32(46-31)20-40(5)19-25-10-12-26(13-11-25)34(44)39-30-9-7-6-8-29(30)36/h6-16,22-24,32,42H,17-21,36H2,1-5H3,(H,39,44)(H2,37,38,45)/t23-,24+,32+/m0/s1. The van der Waals surface area contributed by atoms with Gasteiger partial charge in [0.05, 0.1) is 30.4 Å². The molecule has 0 saturated carbocycles. The summed E-state index contributed by atoms with van der Waals surface area (Å²) in [6.45, 7) is 9.07. The van der Waals surface area contributed by atoms with E-state index in [4.69, 9.17) is 10.5 Å². The van der Waals surface area contributed by atoms with E-state index in [0.717, 1.165) is 5.56 Å². The van der Waals surface area contributed by atoms with E-state index in [1.54, 1.807) is 47.4 Å². The molecule has 0 fully saturated rings. The smallest absolute Gasteiger partial charge is 0.319 e. The first kappa shape index (κ1) is 34.3. The number of carbonyl (C=O) groups is 3. The molecular formula is C35H46N6O5. The van der Waals surface area contributed by atoms with E-state index in [1.165, 1.54) is 0 Å². The highest BCUT2D eigenvalue weighted by atomic mass is 16.5. The number of urea groups is 1. The van der Waals surface area contributed by atoms with Crippen molar-refractivity contribution in [2.24, 2.45) is 5.92 Å². The third kappa shape index (κ3) is 9.21. The van der Waals surface area contributed by atoms with Gasteiger partial charge in [-0.2, -0.15) is 0 Å². The van der Waals surface area contributed by atoms with Crippen LogP contribution < -0.4 is 26.4 Å². The lowest BCUT2D eigenvalue weighted by Crippen LogP contribution is -2.47. The molecule has 4 rings (SSSR count). The predicted octanol–water partition coefficient (Wildman–Crippen LogP) is 4.33. The number of rotatable bonds is 10. The van der Waals surface area contributed by atoms with Gasteiger partial charge in [0.2, 0.25) is 5.91 Å². The number of para-hydroxylation sites is 2. The van der Waals surface area contributed by atoms with Gasteiger partial charge in [0.25, 0.3) is 5.91 Å². The van der Waals surface area contributed by atoms with E-state index in [1.807, 2.05) is 59.0 Å². The number of amides is 4. The van der Waals surface area contributed by atoms with Crippen LogP contribution in [0, 0.1) is 5.92 Å². The molecule has 246 valence electrons. The van der Waals surface area contributed by atoms with Crippen LogP contribution in [0.25, 0.3) is 0 Å². The molecule has 0 bridgehead atoms. The van der Waals surface area contributed by atoms with Crippen LogP contribution in [0.5, 0.6) is 5.75 Å². The Morgan fingerprint density at radius 1 is 1.07 bits per heavy atom. The zero-order valence-electron chi connectivity index (χ0n) is 27.2. The third-order valence-corrected chi connectivity index (χ3v) is 7.96. The number of carbonyl (C=O) groups excluding carboxylic acids is 3. The molecule has 0 spiro atoms. The maximum Gasteiger partial charge on any atom is 0.319 e. The normalized spacial score (nSPS) is 17.3. The Morgan fingerprint density at radius 2 is 1.78 bits per heavy atom. The minimum absolute atomic E-state index is 0.0255. The first-order valence-electron chi connectivity index (χ1n) is 15.6. The van der Waals surface area contributed by atoms with E-state index in [0.29, 0.717) is 53.6 Å². The Morgan fingerprint density at radius 3 is 2.46 bits per heavy atom. The van der Waals surface area contributed by atoms with Crippen molar-refractivity contribution in [2.45, 2.75) is 58.8 Å². The molecule has 0 unspecified atom stereocenters. The molecule has 0 radical (unpaired) electrons. The van der Waals surface area contributed by atoms with Gasteiger partial charge < -0.3 is 36.4 Å². The molecule has 3 aromatic carbocycles. The number of anilines is 3. The topological polar surface area (TPSA) is 149 Å². The summed E-state index contributed by atoms with van der Waals surface area (Å²) in [4.78, 5) is 42.4. The summed E-state index contributed by atoms with van der Waals surface area (Å²) in [7, 11) is 2.00. The number of hydrogen-bond acceptors (Lipinski definition) is 7. The Kier molecular flexibility index (Phi) is 11.6. The Bertz CT molecular complexity index is 1510. The summed E-state index contributed by atoms with van der Waals surface area (Å²) in [6, 6.07) is 19.2. The van der Waals surface area contributed by atoms with Crippen LogP contribution in [-0.4, -0.2) is 77.7 Å².